The van der Waals surface area contributed by atoms with Crippen LogP contribution in [-0.4, -0.2) is 26.6 Å². The molecule has 0 atom stereocenters. The standard InChI is InChI=1S/C24H26N2O3/c1-24(2,3)29-23(28)17-10-8-15(9-11-17)21-19-13-12-18(27)14-20(19)25-22(26-21)16-6-4-5-7-16/h8-14,16,27H,4-7H2,1-3H3. The Labute approximate surface area is 170 Å². The summed E-state index contributed by atoms with van der Waals surface area (Å²) >= 11 is 0. The zero-order valence-corrected chi connectivity index (χ0v) is 17.1. The van der Waals surface area contributed by atoms with Crippen LogP contribution >= 0.6 is 0 Å². The number of phenolic OH excluding ortho intramolecular Hbond substituents is 1. The predicted octanol–water partition coefficient (Wildman–Crippen LogP) is 5.62. The third-order valence-electron chi connectivity index (χ3n) is 5.21. The fourth-order valence-corrected chi connectivity index (χ4v) is 3.82. The lowest BCUT2D eigenvalue weighted by Crippen LogP contribution is -2.23. The summed E-state index contributed by atoms with van der Waals surface area (Å²) in [6.07, 6.45) is 4.60. The van der Waals surface area contributed by atoms with Crippen LogP contribution in [0, 0.1) is 0 Å². The van der Waals surface area contributed by atoms with Crippen LogP contribution in [0.15, 0.2) is 42.5 Å². The summed E-state index contributed by atoms with van der Waals surface area (Å²) in [5.74, 6) is 1.06. The number of esters is 1. The zero-order valence-electron chi connectivity index (χ0n) is 17.1. The second-order valence-corrected chi connectivity index (χ2v) is 8.69. The van der Waals surface area contributed by atoms with E-state index in [1.54, 1.807) is 24.3 Å². The quantitative estimate of drug-likeness (QED) is 0.588. The van der Waals surface area contributed by atoms with Crippen LogP contribution in [-0.2, 0) is 4.74 Å². The lowest BCUT2D eigenvalue weighted by Gasteiger charge is -2.19. The van der Waals surface area contributed by atoms with Crippen LogP contribution < -0.4 is 0 Å². The Bertz CT molecular complexity index is 1050. The maximum Gasteiger partial charge on any atom is 0.338 e. The summed E-state index contributed by atoms with van der Waals surface area (Å²) in [6.45, 7) is 5.56. The van der Waals surface area contributed by atoms with Gasteiger partial charge in [-0.3, -0.25) is 0 Å². The Balaban J connectivity index is 1.75. The molecule has 1 heterocycles. The van der Waals surface area contributed by atoms with Crippen LogP contribution in [0.2, 0.25) is 0 Å². The first-order valence-corrected chi connectivity index (χ1v) is 10.1. The van der Waals surface area contributed by atoms with Crippen LogP contribution in [0.1, 0.15) is 68.6 Å². The molecule has 1 aromatic heterocycles. The Hall–Kier alpha value is -2.95. The van der Waals surface area contributed by atoms with E-state index in [-0.39, 0.29) is 11.7 Å². The summed E-state index contributed by atoms with van der Waals surface area (Å²) in [5.41, 5.74) is 2.46. The smallest absolute Gasteiger partial charge is 0.338 e. The molecule has 1 saturated carbocycles. The van der Waals surface area contributed by atoms with Crippen molar-refractivity contribution >= 4 is 16.9 Å². The molecule has 1 fully saturated rings. The van der Waals surface area contributed by atoms with Crippen molar-refractivity contribution in [3.8, 4) is 17.0 Å². The third-order valence-corrected chi connectivity index (χ3v) is 5.21. The molecule has 29 heavy (non-hydrogen) atoms. The normalized spacial score (nSPS) is 15.0. The summed E-state index contributed by atoms with van der Waals surface area (Å²) < 4.78 is 5.45. The van der Waals surface area contributed by atoms with E-state index in [0.717, 1.165) is 40.8 Å². The van der Waals surface area contributed by atoms with Crippen LogP contribution in [0.5, 0.6) is 5.75 Å². The highest BCUT2D eigenvalue weighted by Crippen LogP contribution is 2.36. The first-order valence-electron chi connectivity index (χ1n) is 10.1. The first-order chi connectivity index (χ1) is 13.8. The minimum atomic E-state index is -0.531. The molecule has 1 aliphatic carbocycles. The summed E-state index contributed by atoms with van der Waals surface area (Å²) in [6, 6.07) is 12.5. The molecule has 1 aliphatic rings. The van der Waals surface area contributed by atoms with E-state index in [9.17, 15) is 9.90 Å². The van der Waals surface area contributed by atoms with Gasteiger partial charge in [0.2, 0.25) is 0 Å². The van der Waals surface area contributed by atoms with E-state index in [1.807, 2.05) is 39.0 Å². The number of rotatable bonds is 3. The number of hydrogen-bond donors (Lipinski definition) is 1. The number of carbonyl (C=O) groups excluding carboxylic acids is 1. The molecular weight excluding hydrogens is 364 g/mol. The van der Waals surface area contributed by atoms with E-state index in [1.165, 1.54) is 12.8 Å². The van der Waals surface area contributed by atoms with Gasteiger partial charge in [0.1, 0.15) is 17.2 Å². The maximum atomic E-state index is 12.3. The molecule has 150 valence electrons. The van der Waals surface area contributed by atoms with Gasteiger partial charge in [0.05, 0.1) is 16.8 Å². The predicted molar refractivity (Wildman–Crippen MR) is 113 cm³/mol. The molecule has 1 N–H and O–H groups in total. The molecule has 0 aliphatic heterocycles. The van der Waals surface area contributed by atoms with E-state index in [0.29, 0.717) is 11.5 Å². The molecule has 5 heteroatoms. The largest absolute Gasteiger partial charge is 0.508 e. The van der Waals surface area contributed by atoms with E-state index in [4.69, 9.17) is 14.7 Å². The molecule has 0 spiro atoms. The highest BCUT2D eigenvalue weighted by Gasteiger charge is 2.22. The van der Waals surface area contributed by atoms with E-state index in [2.05, 4.69) is 0 Å². The minimum Gasteiger partial charge on any atom is -0.508 e. The van der Waals surface area contributed by atoms with Crippen molar-refractivity contribution in [3.63, 3.8) is 0 Å². The molecule has 0 unspecified atom stereocenters. The van der Waals surface area contributed by atoms with Crippen molar-refractivity contribution in [3.05, 3.63) is 53.9 Å². The highest BCUT2D eigenvalue weighted by atomic mass is 16.6. The Morgan fingerprint density at radius 2 is 1.72 bits per heavy atom. The summed E-state index contributed by atoms with van der Waals surface area (Å²) in [7, 11) is 0. The van der Waals surface area contributed by atoms with E-state index < -0.39 is 5.60 Å². The van der Waals surface area contributed by atoms with Crippen LogP contribution in [0.3, 0.4) is 0 Å². The van der Waals surface area contributed by atoms with Crippen molar-refractivity contribution in [2.45, 2.75) is 58.0 Å². The Kier molecular flexibility index (Phi) is 4.99. The number of fused-ring (bicyclic) bond motifs is 1. The molecule has 2 aromatic carbocycles. The van der Waals surface area contributed by atoms with Gasteiger partial charge in [0.15, 0.2) is 0 Å². The van der Waals surface area contributed by atoms with E-state index >= 15 is 0 Å². The first kappa shape index (κ1) is 19.4. The molecule has 3 aromatic rings. The van der Waals surface area contributed by atoms with Gasteiger partial charge in [-0.15, -0.1) is 0 Å². The monoisotopic (exact) mass is 390 g/mol. The van der Waals surface area contributed by atoms with Gasteiger partial charge in [0, 0.05) is 22.9 Å². The number of aromatic hydroxyl groups is 1. The van der Waals surface area contributed by atoms with Gasteiger partial charge in [-0.2, -0.15) is 0 Å². The van der Waals surface area contributed by atoms with Gasteiger partial charge in [0.25, 0.3) is 0 Å². The van der Waals surface area contributed by atoms with Gasteiger partial charge in [-0.05, 0) is 57.9 Å². The van der Waals surface area contributed by atoms with Gasteiger partial charge in [-0.25, -0.2) is 14.8 Å². The zero-order chi connectivity index (χ0) is 20.6. The van der Waals surface area contributed by atoms with Crippen molar-refractivity contribution < 1.29 is 14.6 Å². The number of benzene rings is 2. The number of carbonyl (C=O) groups is 1. The average Bonchev–Trinajstić information content (AvgIpc) is 3.20. The summed E-state index contributed by atoms with van der Waals surface area (Å²) in [5, 5.41) is 10.8. The second kappa shape index (κ2) is 7.47. The average molecular weight is 390 g/mol. The van der Waals surface area contributed by atoms with Crippen molar-refractivity contribution in [1.82, 2.24) is 9.97 Å². The second-order valence-electron chi connectivity index (χ2n) is 8.69. The molecule has 0 amide bonds. The van der Waals surface area contributed by atoms with Gasteiger partial charge in [-0.1, -0.05) is 25.0 Å². The lowest BCUT2D eigenvalue weighted by atomic mass is 10.0. The Morgan fingerprint density at radius 3 is 2.38 bits per heavy atom. The number of nitrogens with zero attached hydrogens (tertiary/aromatic N) is 2. The van der Waals surface area contributed by atoms with Crippen LogP contribution in [0.4, 0.5) is 0 Å². The number of aromatic nitrogens is 2. The van der Waals surface area contributed by atoms with Crippen molar-refractivity contribution in [2.75, 3.05) is 0 Å². The van der Waals surface area contributed by atoms with Crippen molar-refractivity contribution in [1.29, 1.82) is 0 Å². The Morgan fingerprint density at radius 1 is 1.03 bits per heavy atom. The van der Waals surface area contributed by atoms with Crippen LogP contribution in [0.25, 0.3) is 22.2 Å². The maximum absolute atomic E-state index is 12.3. The number of phenols is 1. The minimum absolute atomic E-state index is 0.194. The molecule has 0 bridgehead atoms. The molecule has 0 saturated heterocycles. The molecular formula is C24H26N2O3. The lowest BCUT2D eigenvalue weighted by molar-refractivity contribution is 0.00695. The van der Waals surface area contributed by atoms with Gasteiger partial charge < -0.3 is 9.84 Å². The third kappa shape index (κ3) is 4.24. The SMILES string of the molecule is CC(C)(C)OC(=O)c1ccc(-c2nc(C3CCCC3)nc3cc(O)ccc23)cc1. The van der Waals surface area contributed by atoms with Crippen molar-refractivity contribution in [2.24, 2.45) is 0 Å². The van der Waals surface area contributed by atoms with Gasteiger partial charge >= 0.3 is 5.97 Å². The molecule has 5 nitrogen and oxygen atoms in total. The fraction of sp³-hybridized carbons (Fsp3) is 0.375. The fourth-order valence-electron chi connectivity index (χ4n) is 3.82. The number of ether oxygens (including phenoxy) is 1. The number of hydrogen-bond acceptors (Lipinski definition) is 5. The molecule has 0 radical (unpaired) electrons. The highest BCUT2D eigenvalue weighted by molar-refractivity contribution is 5.94. The molecule has 4 rings (SSSR count). The summed E-state index contributed by atoms with van der Waals surface area (Å²) in [4.78, 5) is 22.0. The topological polar surface area (TPSA) is 72.3 Å².